The van der Waals surface area contributed by atoms with Crippen LogP contribution in [0.25, 0.3) is 0 Å². The lowest BCUT2D eigenvalue weighted by molar-refractivity contribution is 0.411. The van der Waals surface area contributed by atoms with E-state index in [2.05, 4.69) is 23.7 Å². The Balaban J connectivity index is 2.31. The van der Waals surface area contributed by atoms with Crippen LogP contribution in [0.4, 0.5) is 11.5 Å². The number of hydrogen-bond donors (Lipinski definition) is 1. The highest BCUT2D eigenvalue weighted by molar-refractivity contribution is 5.63. The molecule has 0 saturated carbocycles. The molecule has 1 aliphatic rings. The van der Waals surface area contributed by atoms with Crippen molar-refractivity contribution in [2.45, 2.75) is 45.2 Å². The molecule has 3 heteroatoms. The summed E-state index contributed by atoms with van der Waals surface area (Å²) in [5.41, 5.74) is 6.76. The quantitative estimate of drug-likeness (QED) is 0.765. The molecule has 2 heterocycles. The molecule has 2 atom stereocenters. The van der Waals surface area contributed by atoms with Gasteiger partial charge in [0.15, 0.2) is 5.82 Å². The Labute approximate surface area is 91.3 Å². The predicted molar refractivity (Wildman–Crippen MR) is 63.9 cm³/mol. The van der Waals surface area contributed by atoms with Gasteiger partial charge in [0.25, 0.3) is 0 Å². The highest BCUT2D eigenvalue weighted by atomic mass is 15.2. The summed E-state index contributed by atoms with van der Waals surface area (Å²) in [5, 5.41) is 0. The van der Waals surface area contributed by atoms with Crippen LogP contribution >= 0.6 is 0 Å². The van der Waals surface area contributed by atoms with Gasteiger partial charge in [-0.2, -0.15) is 0 Å². The molecule has 0 unspecified atom stereocenters. The topological polar surface area (TPSA) is 42.2 Å². The molecule has 0 spiro atoms. The van der Waals surface area contributed by atoms with Crippen LogP contribution < -0.4 is 10.6 Å². The molecule has 1 fully saturated rings. The number of aromatic nitrogens is 1. The Morgan fingerprint density at radius 1 is 1.33 bits per heavy atom. The van der Waals surface area contributed by atoms with Gasteiger partial charge in [-0.3, -0.25) is 0 Å². The number of nitrogen functional groups attached to an aromatic ring is 1. The molecular weight excluding hydrogens is 186 g/mol. The fraction of sp³-hybridized carbons (Fsp3) is 0.583. The van der Waals surface area contributed by atoms with Gasteiger partial charge >= 0.3 is 0 Å². The zero-order valence-electron chi connectivity index (χ0n) is 9.48. The second-order valence-electron chi connectivity index (χ2n) is 4.45. The summed E-state index contributed by atoms with van der Waals surface area (Å²) in [5.74, 6) is 0.956. The summed E-state index contributed by atoms with van der Waals surface area (Å²) in [7, 11) is 0. The molecule has 1 saturated heterocycles. The van der Waals surface area contributed by atoms with E-state index in [0.29, 0.717) is 12.1 Å². The zero-order valence-corrected chi connectivity index (χ0v) is 9.48. The number of pyridine rings is 1. The molecule has 0 aromatic carbocycles. The van der Waals surface area contributed by atoms with Gasteiger partial charge in [-0.25, -0.2) is 4.98 Å². The van der Waals surface area contributed by atoms with Crippen molar-refractivity contribution in [2.24, 2.45) is 0 Å². The first-order valence-electron chi connectivity index (χ1n) is 5.69. The number of anilines is 2. The third kappa shape index (κ3) is 1.91. The molecule has 1 aromatic rings. The molecule has 0 radical (unpaired) electrons. The van der Waals surface area contributed by atoms with E-state index in [-0.39, 0.29) is 0 Å². The summed E-state index contributed by atoms with van der Waals surface area (Å²) >= 11 is 0. The summed E-state index contributed by atoms with van der Waals surface area (Å²) in [6.45, 7) is 4.51. The molecular formula is C12H19N3. The molecule has 1 aromatic heterocycles. The standard InChI is InChI=1S/C12H19N3/c1-9-5-3-6-10(2)15(9)12-11(13)7-4-8-14-12/h4,7-10H,3,5-6,13H2,1-2H3/t9-,10+. The lowest BCUT2D eigenvalue weighted by atomic mass is 9.97. The van der Waals surface area contributed by atoms with Crippen LogP contribution in [0.2, 0.25) is 0 Å². The minimum atomic E-state index is 0.547. The van der Waals surface area contributed by atoms with E-state index in [1.165, 1.54) is 19.3 Å². The first-order chi connectivity index (χ1) is 7.20. The average Bonchev–Trinajstić information content (AvgIpc) is 2.20. The highest BCUT2D eigenvalue weighted by Crippen LogP contribution is 2.30. The summed E-state index contributed by atoms with van der Waals surface area (Å²) in [6.07, 6.45) is 5.60. The van der Waals surface area contributed by atoms with Gasteiger partial charge < -0.3 is 10.6 Å². The number of rotatable bonds is 1. The first kappa shape index (κ1) is 10.3. The van der Waals surface area contributed by atoms with Crippen LogP contribution in [0, 0.1) is 0 Å². The maximum absolute atomic E-state index is 5.97. The maximum atomic E-state index is 5.97. The predicted octanol–water partition coefficient (Wildman–Crippen LogP) is 2.43. The van der Waals surface area contributed by atoms with E-state index in [9.17, 15) is 0 Å². The van der Waals surface area contributed by atoms with E-state index < -0.39 is 0 Å². The SMILES string of the molecule is C[C@@H]1CCC[C@H](C)N1c1ncccc1N. The molecule has 1 aliphatic heterocycles. The van der Waals surface area contributed by atoms with Crippen LogP contribution in [-0.2, 0) is 0 Å². The van der Waals surface area contributed by atoms with Crippen molar-refractivity contribution in [3.05, 3.63) is 18.3 Å². The third-order valence-corrected chi connectivity index (χ3v) is 3.25. The van der Waals surface area contributed by atoms with E-state index in [1.54, 1.807) is 0 Å². The maximum Gasteiger partial charge on any atom is 0.152 e. The molecule has 3 nitrogen and oxygen atoms in total. The van der Waals surface area contributed by atoms with Crippen molar-refractivity contribution in [1.82, 2.24) is 4.98 Å². The molecule has 0 bridgehead atoms. The Morgan fingerprint density at radius 2 is 2.00 bits per heavy atom. The molecule has 0 amide bonds. The Hall–Kier alpha value is -1.25. The Kier molecular flexibility index (Phi) is 2.80. The van der Waals surface area contributed by atoms with Crippen molar-refractivity contribution in [3.63, 3.8) is 0 Å². The lowest BCUT2D eigenvalue weighted by Gasteiger charge is -2.40. The third-order valence-electron chi connectivity index (χ3n) is 3.25. The molecule has 2 rings (SSSR count). The van der Waals surface area contributed by atoms with Crippen LogP contribution in [0.3, 0.4) is 0 Å². The van der Waals surface area contributed by atoms with Gasteiger partial charge in [-0.1, -0.05) is 0 Å². The normalized spacial score (nSPS) is 26.7. The smallest absolute Gasteiger partial charge is 0.152 e. The van der Waals surface area contributed by atoms with E-state index in [1.807, 2.05) is 18.3 Å². The van der Waals surface area contributed by atoms with Gasteiger partial charge in [0.05, 0.1) is 5.69 Å². The molecule has 82 valence electrons. The van der Waals surface area contributed by atoms with Crippen molar-refractivity contribution in [2.75, 3.05) is 10.6 Å². The van der Waals surface area contributed by atoms with Gasteiger partial charge in [0.1, 0.15) is 0 Å². The Bertz CT molecular complexity index is 327. The minimum absolute atomic E-state index is 0.547. The fourth-order valence-electron chi connectivity index (χ4n) is 2.46. The number of nitrogens with zero attached hydrogens (tertiary/aromatic N) is 2. The van der Waals surface area contributed by atoms with Crippen LogP contribution in [-0.4, -0.2) is 17.1 Å². The number of piperidine rings is 1. The second kappa shape index (κ2) is 4.09. The van der Waals surface area contributed by atoms with E-state index in [0.717, 1.165) is 11.5 Å². The molecule has 0 aliphatic carbocycles. The van der Waals surface area contributed by atoms with Gasteiger partial charge in [-0.15, -0.1) is 0 Å². The lowest BCUT2D eigenvalue weighted by Crippen LogP contribution is -2.44. The largest absolute Gasteiger partial charge is 0.396 e. The van der Waals surface area contributed by atoms with Crippen molar-refractivity contribution in [3.8, 4) is 0 Å². The summed E-state index contributed by atoms with van der Waals surface area (Å²) in [4.78, 5) is 6.76. The first-order valence-corrected chi connectivity index (χ1v) is 5.69. The molecule has 2 N–H and O–H groups in total. The zero-order chi connectivity index (χ0) is 10.8. The summed E-state index contributed by atoms with van der Waals surface area (Å²) in [6, 6.07) is 4.91. The monoisotopic (exact) mass is 205 g/mol. The summed E-state index contributed by atoms with van der Waals surface area (Å²) < 4.78 is 0. The van der Waals surface area contributed by atoms with Crippen LogP contribution in [0.15, 0.2) is 18.3 Å². The number of nitrogens with two attached hydrogens (primary N) is 1. The van der Waals surface area contributed by atoms with Gasteiger partial charge in [-0.05, 0) is 45.2 Å². The van der Waals surface area contributed by atoms with Crippen molar-refractivity contribution in [1.29, 1.82) is 0 Å². The fourth-order valence-corrected chi connectivity index (χ4v) is 2.46. The van der Waals surface area contributed by atoms with Gasteiger partial charge in [0.2, 0.25) is 0 Å². The Morgan fingerprint density at radius 3 is 2.60 bits per heavy atom. The van der Waals surface area contributed by atoms with Crippen molar-refractivity contribution < 1.29 is 0 Å². The van der Waals surface area contributed by atoms with Crippen LogP contribution in [0.5, 0.6) is 0 Å². The van der Waals surface area contributed by atoms with Gasteiger partial charge in [0, 0.05) is 18.3 Å². The second-order valence-corrected chi connectivity index (χ2v) is 4.45. The highest BCUT2D eigenvalue weighted by Gasteiger charge is 2.26. The minimum Gasteiger partial charge on any atom is -0.396 e. The average molecular weight is 205 g/mol. The van der Waals surface area contributed by atoms with Crippen molar-refractivity contribution >= 4 is 11.5 Å². The van der Waals surface area contributed by atoms with E-state index in [4.69, 9.17) is 5.73 Å². The van der Waals surface area contributed by atoms with E-state index >= 15 is 0 Å². The number of hydrogen-bond acceptors (Lipinski definition) is 3. The van der Waals surface area contributed by atoms with Crippen LogP contribution in [0.1, 0.15) is 33.1 Å². The molecule has 15 heavy (non-hydrogen) atoms.